The number of piperazine rings is 2. The maximum absolute atomic E-state index is 12.9. The number of hydrogen-bond acceptors (Lipinski definition) is 4. The van der Waals surface area contributed by atoms with Crippen molar-refractivity contribution in [3.63, 3.8) is 0 Å². The number of fused-ring (bicyclic) bond motifs is 1. The quantitative estimate of drug-likeness (QED) is 0.785. The number of para-hydroxylation sites is 1. The van der Waals surface area contributed by atoms with Crippen LogP contribution in [-0.2, 0) is 0 Å². The van der Waals surface area contributed by atoms with Crippen molar-refractivity contribution < 1.29 is 9.53 Å². The third kappa shape index (κ3) is 3.57. The first-order chi connectivity index (χ1) is 11.2. The first-order valence-electron chi connectivity index (χ1n) is 8.23. The van der Waals surface area contributed by atoms with Crippen LogP contribution in [-0.4, -0.2) is 79.6 Å². The van der Waals surface area contributed by atoms with Gasteiger partial charge in [-0.25, -0.2) is 0 Å². The standard InChI is InChI=1S/C18H25N3O2/c1-3-12-23-17-7-5-4-6-16(17)18(22)21-11-10-20-9-8-19(2)13-15(20)14-21/h3-7,15H,1,8-14H2,2H3/t15-/m0/s1. The van der Waals surface area contributed by atoms with Crippen molar-refractivity contribution in [2.24, 2.45) is 0 Å². The van der Waals surface area contributed by atoms with Crippen molar-refractivity contribution in [3.8, 4) is 5.75 Å². The lowest BCUT2D eigenvalue weighted by molar-refractivity contribution is 0.0188. The zero-order valence-corrected chi connectivity index (χ0v) is 13.8. The van der Waals surface area contributed by atoms with E-state index in [0.29, 0.717) is 24.0 Å². The van der Waals surface area contributed by atoms with Crippen molar-refractivity contribution in [2.45, 2.75) is 6.04 Å². The molecule has 0 aromatic heterocycles. The maximum atomic E-state index is 12.9. The van der Waals surface area contributed by atoms with E-state index in [4.69, 9.17) is 4.74 Å². The highest BCUT2D eigenvalue weighted by molar-refractivity contribution is 5.97. The second-order valence-corrected chi connectivity index (χ2v) is 6.30. The van der Waals surface area contributed by atoms with E-state index in [1.165, 1.54) is 0 Å². The zero-order valence-electron chi connectivity index (χ0n) is 13.8. The summed E-state index contributed by atoms with van der Waals surface area (Å²) in [6.45, 7) is 9.84. The third-order valence-electron chi connectivity index (χ3n) is 4.66. The fourth-order valence-corrected chi connectivity index (χ4v) is 3.38. The van der Waals surface area contributed by atoms with Crippen LogP contribution in [0.3, 0.4) is 0 Å². The van der Waals surface area contributed by atoms with Gasteiger partial charge in [-0.15, -0.1) is 0 Å². The number of amides is 1. The first-order valence-corrected chi connectivity index (χ1v) is 8.23. The van der Waals surface area contributed by atoms with Crippen LogP contribution in [0.4, 0.5) is 0 Å². The van der Waals surface area contributed by atoms with Gasteiger partial charge in [0.15, 0.2) is 0 Å². The van der Waals surface area contributed by atoms with Crippen molar-refractivity contribution in [1.82, 2.24) is 14.7 Å². The minimum absolute atomic E-state index is 0.0672. The molecule has 0 N–H and O–H groups in total. The molecule has 0 bridgehead atoms. The number of nitrogens with zero attached hydrogens (tertiary/aromatic N) is 3. The first kappa shape index (κ1) is 16.0. The second kappa shape index (κ2) is 7.15. The molecule has 5 nitrogen and oxygen atoms in total. The van der Waals surface area contributed by atoms with E-state index < -0.39 is 0 Å². The molecule has 0 spiro atoms. The van der Waals surface area contributed by atoms with Crippen molar-refractivity contribution in [3.05, 3.63) is 42.5 Å². The summed E-state index contributed by atoms with van der Waals surface area (Å²) < 4.78 is 5.64. The number of carbonyl (C=O) groups is 1. The Labute approximate surface area is 138 Å². The van der Waals surface area contributed by atoms with E-state index in [2.05, 4.69) is 23.4 Å². The molecule has 2 heterocycles. The van der Waals surface area contributed by atoms with Gasteiger partial charge in [-0.05, 0) is 19.2 Å². The lowest BCUT2D eigenvalue weighted by Crippen LogP contribution is -2.62. The summed E-state index contributed by atoms with van der Waals surface area (Å²) in [4.78, 5) is 19.7. The van der Waals surface area contributed by atoms with E-state index in [1.54, 1.807) is 6.08 Å². The van der Waals surface area contributed by atoms with Crippen LogP contribution < -0.4 is 4.74 Å². The van der Waals surface area contributed by atoms with Gasteiger partial charge < -0.3 is 14.5 Å². The molecule has 2 aliphatic heterocycles. The minimum Gasteiger partial charge on any atom is -0.489 e. The van der Waals surface area contributed by atoms with Crippen LogP contribution in [0.25, 0.3) is 0 Å². The van der Waals surface area contributed by atoms with Gasteiger partial charge in [0.05, 0.1) is 5.56 Å². The summed E-state index contributed by atoms with van der Waals surface area (Å²) in [5.41, 5.74) is 0.645. The second-order valence-electron chi connectivity index (χ2n) is 6.30. The predicted octanol–water partition coefficient (Wildman–Crippen LogP) is 1.32. The Hall–Kier alpha value is -1.85. The van der Waals surface area contributed by atoms with Gasteiger partial charge in [0.1, 0.15) is 12.4 Å². The molecule has 1 aromatic rings. The average Bonchev–Trinajstić information content (AvgIpc) is 2.59. The molecule has 2 aliphatic rings. The number of rotatable bonds is 4. The van der Waals surface area contributed by atoms with E-state index >= 15 is 0 Å². The van der Waals surface area contributed by atoms with Crippen LogP contribution in [0.15, 0.2) is 36.9 Å². The van der Waals surface area contributed by atoms with Gasteiger partial charge in [-0.1, -0.05) is 24.8 Å². The van der Waals surface area contributed by atoms with Crippen molar-refractivity contribution >= 4 is 5.91 Å². The minimum atomic E-state index is 0.0672. The fraction of sp³-hybridized carbons (Fsp3) is 0.500. The summed E-state index contributed by atoms with van der Waals surface area (Å²) in [6.07, 6.45) is 1.69. The Balaban J connectivity index is 1.72. The van der Waals surface area contributed by atoms with E-state index in [0.717, 1.165) is 39.3 Å². The highest BCUT2D eigenvalue weighted by Gasteiger charge is 2.33. The van der Waals surface area contributed by atoms with Crippen LogP contribution in [0.5, 0.6) is 5.75 Å². The molecule has 3 rings (SSSR count). The Kier molecular flexibility index (Phi) is 4.98. The Bertz CT molecular complexity index is 575. The average molecular weight is 315 g/mol. The number of carbonyl (C=O) groups excluding carboxylic acids is 1. The number of benzene rings is 1. The molecule has 0 saturated carbocycles. The van der Waals surface area contributed by atoms with Gasteiger partial charge in [-0.2, -0.15) is 0 Å². The number of ether oxygens (including phenoxy) is 1. The molecule has 0 unspecified atom stereocenters. The summed E-state index contributed by atoms with van der Waals surface area (Å²) in [6, 6.07) is 7.91. The summed E-state index contributed by atoms with van der Waals surface area (Å²) >= 11 is 0. The molecule has 1 amide bonds. The van der Waals surface area contributed by atoms with Gasteiger partial charge in [-0.3, -0.25) is 9.69 Å². The zero-order chi connectivity index (χ0) is 16.2. The van der Waals surface area contributed by atoms with Crippen molar-refractivity contribution in [2.75, 3.05) is 52.9 Å². The SMILES string of the molecule is C=CCOc1ccccc1C(=O)N1CCN2CCN(C)C[C@H]2C1. The highest BCUT2D eigenvalue weighted by atomic mass is 16.5. The normalized spacial score (nSPS) is 22.5. The van der Waals surface area contributed by atoms with Gasteiger partial charge in [0.2, 0.25) is 0 Å². The van der Waals surface area contributed by atoms with E-state index in [1.807, 2.05) is 29.2 Å². The van der Waals surface area contributed by atoms with Crippen LogP contribution in [0.2, 0.25) is 0 Å². The maximum Gasteiger partial charge on any atom is 0.257 e. The smallest absolute Gasteiger partial charge is 0.257 e. The molecule has 23 heavy (non-hydrogen) atoms. The van der Waals surface area contributed by atoms with E-state index in [9.17, 15) is 4.79 Å². The molecular formula is C18H25N3O2. The van der Waals surface area contributed by atoms with Crippen molar-refractivity contribution in [1.29, 1.82) is 0 Å². The monoisotopic (exact) mass is 315 g/mol. The third-order valence-corrected chi connectivity index (χ3v) is 4.66. The fourth-order valence-electron chi connectivity index (χ4n) is 3.38. The summed E-state index contributed by atoms with van der Waals surface area (Å²) in [7, 11) is 2.15. The van der Waals surface area contributed by atoms with Crippen LogP contribution in [0, 0.1) is 0 Å². The van der Waals surface area contributed by atoms with Gasteiger partial charge in [0, 0.05) is 45.3 Å². The molecule has 1 aromatic carbocycles. The lowest BCUT2D eigenvalue weighted by Gasteiger charge is -2.46. The topological polar surface area (TPSA) is 36.0 Å². The summed E-state index contributed by atoms with van der Waals surface area (Å²) in [5.74, 6) is 0.707. The Morgan fingerprint density at radius 2 is 2.04 bits per heavy atom. The Morgan fingerprint density at radius 1 is 1.26 bits per heavy atom. The van der Waals surface area contributed by atoms with Crippen LogP contribution in [0.1, 0.15) is 10.4 Å². The molecule has 0 aliphatic carbocycles. The lowest BCUT2D eigenvalue weighted by atomic mass is 10.1. The van der Waals surface area contributed by atoms with Gasteiger partial charge >= 0.3 is 0 Å². The van der Waals surface area contributed by atoms with Crippen LogP contribution >= 0.6 is 0 Å². The molecular weight excluding hydrogens is 290 g/mol. The molecule has 2 fully saturated rings. The molecule has 0 radical (unpaired) electrons. The molecule has 2 saturated heterocycles. The largest absolute Gasteiger partial charge is 0.489 e. The van der Waals surface area contributed by atoms with E-state index in [-0.39, 0.29) is 5.91 Å². The number of hydrogen-bond donors (Lipinski definition) is 0. The molecule has 124 valence electrons. The van der Waals surface area contributed by atoms with Gasteiger partial charge in [0.25, 0.3) is 5.91 Å². The Morgan fingerprint density at radius 3 is 2.87 bits per heavy atom. The predicted molar refractivity (Wildman–Crippen MR) is 90.9 cm³/mol. The summed E-state index contributed by atoms with van der Waals surface area (Å²) in [5, 5.41) is 0. The highest BCUT2D eigenvalue weighted by Crippen LogP contribution is 2.22. The molecule has 1 atom stereocenters. The molecule has 5 heteroatoms. The number of likely N-dealkylation sites (N-methyl/N-ethyl adjacent to an activating group) is 1.